The summed E-state index contributed by atoms with van der Waals surface area (Å²) >= 11 is 0. The van der Waals surface area contributed by atoms with Gasteiger partial charge in [0.25, 0.3) is 0 Å². The van der Waals surface area contributed by atoms with E-state index in [-0.39, 0.29) is 18.3 Å². The highest BCUT2D eigenvalue weighted by Crippen LogP contribution is 2.37. The molecule has 0 radical (unpaired) electrons. The van der Waals surface area contributed by atoms with Crippen molar-refractivity contribution in [3.8, 4) is 0 Å². The van der Waals surface area contributed by atoms with E-state index in [2.05, 4.69) is 13.0 Å². The summed E-state index contributed by atoms with van der Waals surface area (Å²) in [6.45, 7) is 2.17. The molecule has 0 aromatic rings. The normalized spacial score (nSPS) is 28.2. The Morgan fingerprint density at radius 2 is 1.92 bits per heavy atom. The zero-order valence-corrected chi connectivity index (χ0v) is 15.3. The van der Waals surface area contributed by atoms with Gasteiger partial charge in [0, 0.05) is 18.8 Å². The maximum Gasteiger partial charge on any atom is 0.303 e. The van der Waals surface area contributed by atoms with Crippen LogP contribution in [0.2, 0.25) is 0 Å². The fourth-order valence-corrected chi connectivity index (χ4v) is 3.47. The Labute approximate surface area is 151 Å². The molecule has 0 aromatic carbocycles. The number of aliphatic carboxylic acids is 1. The van der Waals surface area contributed by atoms with Crippen LogP contribution in [0.1, 0.15) is 64.7 Å². The first-order valence-corrected chi connectivity index (χ1v) is 9.55. The summed E-state index contributed by atoms with van der Waals surface area (Å²) in [5.41, 5.74) is 0. The molecule has 0 aliphatic heterocycles. The van der Waals surface area contributed by atoms with Crippen molar-refractivity contribution in [3.05, 3.63) is 24.3 Å². The third kappa shape index (κ3) is 8.66. The molecule has 0 aromatic heterocycles. The number of carboxylic acid groups (broad SMARTS) is 1. The van der Waals surface area contributed by atoms with Gasteiger partial charge in [-0.3, -0.25) is 4.79 Å². The van der Waals surface area contributed by atoms with Gasteiger partial charge in [0.1, 0.15) is 0 Å². The molecule has 0 amide bonds. The maximum atomic E-state index is 10.6. The average molecular weight is 354 g/mol. The molecule has 4 N–H and O–H groups in total. The molecular weight excluding hydrogens is 320 g/mol. The Hall–Kier alpha value is -1.17. The molecule has 144 valence electrons. The third-order valence-corrected chi connectivity index (χ3v) is 4.92. The van der Waals surface area contributed by atoms with Crippen LogP contribution in [0.25, 0.3) is 0 Å². The number of hydrogen-bond donors (Lipinski definition) is 4. The monoisotopic (exact) mass is 354 g/mol. The molecule has 0 heterocycles. The highest BCUT2D eigenvalue weighted by atomic mass is 16.4. The SMILES string of the molecule is CCCCC/C=C\C[C@@H](O)/C=C/[C@H]1[C@@H](CCCC(=O)O)[C@H](O)C[C@@H]1O. The lowest BCUT2D eigenvalue weighted by molar-refractivity contribution is -0.137. The number of unbranched alkanes of at least 4 members (excludes halogenated alkanes) is 3. The summed E-state index contributed by atoms with van der Waals surface area (Å²) < 4.78 is 0. The van der Waals surface area contributed by atoms with Gasteiger partial charge in [-0.1, -0.05) is 44.1 Å². The number of carbonyl (C=O) groups is 1. The van der Waals surface area contributed by atoms with Crippen molar-refractivity contribution in [2.24, 2.45) is 11.8 Å². The highest BCUT2D eigenvalue weighted by molar-refractivity contribution is 5.66. The van der Waals surface area contributed by atoms with Crippen molar-refractivity contribution < 1.29 is 25.2 Å². The van der Waals surface area contributed by atoms with Crippen LogP contribution < -0.4 is 0 Å². The van der Waals surface area contributed by atoms with Gasteiger partial charge in [-0.15, -0.1) is 0 Å². The zero-order valence-electron chi connectivity index (χ0n) is 15.3. The molecular formula is C20H34O5. The molecule has 5 heteroatoms. The van der Waals surface area contributed by atoms with Crippen LogP contribution in [0.4, 0.5) is 0 Å². The molecule has 0 bridgehead atoms. The van der Waals surface area contributed by atoms with Crippen LogP contribution in [0.5, 0.6) is 0 Å². The molecule has 1 fully saturated rings. The highest BCUT2D eigenvalue weighted by Gasteiger charge is 2.39. The number of hydrogen-bond acceptors (Lipinski definition) is 4. The number of rotatable bonds is 12. The lowest BCUT2D eigenvalue weighted by atomic mass is 9.88. The van der Waals surface area contributed by atoms with E-state index in [9.17, 15) is 20.1 Å². The van der Waals surface area contributed by atoms with Crippen LogP contribution in [0, 0.1) is 11.8 Å². The molecule has 1 aliphatic rings. The van der Waals surface area contributed by atoms with Gasteiger partial charge in [-0.05, 0) is 38.0 Å². The van der Waals surface area contributed by atoms with Crippen molar-refractivity contribution in [3.63, 3.8) is 0 Å². The molecule has 5 atom stereocenters. The molecule has 0 unspecified atom stereocenters. The first kappa shape index (κ1) is 21.9. The van der Waals surface area contributed by atoms with Crippen molar-refractivity contribution in [1.29, 1.82) is 0 Å². The van der Waals surface area contributed by atoms with Crippen LogP contribution in [0.3, 0.4) is 0 Å². The molecule has 1 rings (SSSR count). The second-order valence-electron chi connectivity index (χ2n) is 7.05. The predicted molar refractivity (Wildman–Crippen MR) is 98.1 cm³/mol. The van der Waals surface area contributed by atoms with E-state index in [0.29, 0.717) is 25.7 Å². The van der Waals surface area contributed by atoms with Gasteiger partial charge in [0.2, 0.25) is 0 Å². The summed E-state index contributed by atoms with van der Waals surface area (Å²) in [6, 6.07) is 0. The van der Waals surface area contributed by atoms with Gasteiger partial charge in [0.05, 0.1) is 18.3 Å². The van der Waals surface area contributed by atoms with Crippen LogP contribution in [-0.4, -0.2) is 44.7 Å². The van der Waals surface area contributed by atoms with Crippen molar-refractivity contribution in [2.45, 2.75) is 83.0 Å². The van der Waals surface area contributed by atoms with E-state index in [1.807, 2.05) is 6.08 Å². The quantitative estimate of drug-likeness (QED) is 0.319. The molecule has 1 saturated carbocycles. The lowest BCUT2D eigenvalue weighted by Gasteiger charge is -2.20. The van der Waals surface area contributed by atoms with Gasteiger partial charge < -0.3 is 20.4 Å². The smallest absolute Gasteiger partial charge is 0.303 e. The Kier molecular flexibility index (Phi) is 10.7. The third-order valence-electron chi connectivity index (χ3n) is 4.92. The zero-order chi connectivity index (χ0) is 18.7. The summed E-state index contributed by atoms with van der Waals surface area (Å²) in [7, 11) is 0. The fourth-order valence-electron chi connectivity index (χ4n) is 3.47. The van der Waals surface area contributed by atoms with E-state index < -0.39 is 24.3 Å². The predicted octanol–water partition coefficient (Wildman–Crippen LogP) is 3.04. The van der Waals surface area contributed by atoms with Gasteiger partial charge in [-0.2, -0.15) is 0 Å². The van der Waals surface area contributed by atoms with Crippen molar-refractivity contribution in [2.75, 3.05) is 0 Å². The van der Waals surface area contributed by atoms with Gasteiger partial charge >= 0.3 is 5.97 Å². The molecule has 5 nitrogen and oxygen atoms in total. The van der Waals surface area contributed by atoms with E-state index in [4.69, 9.17) is 5.11 Å². The van der Waals surface area contributed by atoms with Crippen LogP contribution in [0.15, 0.2) is 24.3 Å². The van der Waals surface area contributed by atoms with Crippen LogP contribution >= 0.6 is 0 Å². The molecule has 25 heavy (non-hydrogen) atoms. The van der Waals surface area contributed by atoms with E-state index in [1.165, 1.54) is 19.3 Å². The minimum absolute atomic E-state index is 0.0706. The second-order valence-corrected chi connectivity index (χ2v) is 7.05. The average Bonchev–Trinajstić information content (AvgIpc) is 2.82. The second kappa shape index (κ2) is 12.2. The Morgan fingerprint density at radius 1 is 1.16 bits per heavy atom. The molecule has 0 spiro atoms. The molecule has 1 aliphatic carbocycles. The summed E-state index contributed by atoms with van der Waals surface area (Å²) in [4.78, 5) is 10.6. The largest absolute Gasteiger partial charge is 0.481 e. The molecule has 0 saturated heterocycles. The minimum atomic E-state index is -0.846. The number of aliphatic hydroxyl groups is 3. The Morgan fingerprint density at radius 3 is 2.60 bits per heavy atom. The van der Waals surface area contributed by atoms with Gasteiger partial charge in [-0.25, -0.2) is 0 Å². The van der Waals surface area contributed by atoms with Crippen molar-refractivity contribution in [1.82, 2.24) is 0 Å². The van der Waals surface area contributed by atoms with Crippen molar-refractivity contribution >= 4 is 5.97 Å². The van der Waals surface area contributed by atoms with Gasteiger partial charge in [0.15, 0.2) is 0 Å². The first-order chi connectivity index (χ1) is 12.0. The number of allylic oxidation sites excluding steroid dienone is 1. The summed E-state index contributed by atoms with van der Waals surface area (Å²) in [5, 5.41) is 39.0. The number of aliphatic hydroxyl groups excluding tert-OH is 3. The van der Waals surface area contributed by atoms with E-state index >= 15 is 0 Å². The maximum absolute atomic E-state index is 10.6. The Bertz CT molecular complexity index is 432. The van der Waals surface area contributed by atoms with E-state index in [0.717, 1.165) is 6.42 Å². The summed E-state index contributed by atoms with van der Waals surface area (Å²) in [6.07, 6.45) is 12.3. The van der Waals surface area contributed by atoms with Crippen LogP contribution in [-0.2, 0) is 4.79 Å². The number of carboxylic acids is 1. The minimum Gasteiger partial charge on any atom is -0.481 e. The fraction of sp³-hybridized carbons (Fsp3) is 0.750. The summed E-state index contributed by atoms with van der Waals surface area (Å²) in [5.74, 6) is -1.23. The first-order valence-electron chi connectivity index (χ1n) is 9.55. The van der Waals surface area contributed by atoms with E-state index in [1.54, 1.807) is 12.2 Å². The Balaban J connectivity index is 2.44. The lowest BCUT2D eigenvalue weighted by Crippen LogP contribution is -2.21. The standard InChI is InChI=1S/C20H34O5/c1-2-3-4-5-6-7-9-15(21)12-13-17-16(10-8-11-20(24)25)18(22)14-19(17)23/h6-7,12-13,15-19,21-23H,2-5,8-11,14H2,1H3,(H,24,25)/b7-6-,13-12+/t15-,16-,17+,18-,19+/m1/s1. The topological polar surface area (TPSA) is 98.0 Å².